The maximum Gasteiger partial charge on any atom is 0.119 e. The van der Waals surface area contributed by atoms with Crippen LogP contribution < -0.4 is 4.74 Å². The number of hydrogen-bond acceptors (Lipinski definition) is 4. The van der Waals surface area contributed by atoms with Gasteiger partial charge in [-0.15, -0.1) is 0 Å². The fourth-order valence-electron chi connectivity index (χ4n) is 3.74. The Morgan fingerprint density at radius 2 is 1.46 bits per heavy atom. The lowest BCUT2D eigenvalue weighted by Crippen LogP contribution is -2.45. The van der Waals surface area contributed by atoms with Crippen LogP contribution in [0.3, 0.4) is 0 Å². The first kappa shape index (κ1) is 18.7. The van der Waals surface area contributed by atoms with E-state index >= 15 is 0 Å². The molecule has 2 heterocycles. The number of rotatable bonds is 6. The fraction of sp³-hybridized carbons (Fsp3) is 0.292. The highest BCUT2D eigenvalue weighted by Crippen LogP contribution is 2.24. The van der Waals surface area contributed by atoms with Gasteiger partial charge in [-0.3, -0.25) is 14.8 Å². The third-order valence-electron chi connectivity index (χ3n) is 5.32. The number of ether oxygens (including phenoxy) is 1. The number of aromatic nitrogens is 1. The van der Waals surface area contributed by atoms with E-state index in [9.17, 15) is 0 Å². The lowest BCUT2D eigenvalue weighted by atomic mass is 10.1. The SMILES string of the molecule is COc1cccc(-c2cncc(CN3CCN(Cc4ccccc4)CC3)c2)c1. The lowest BCUT2D eigenvalue weighted by Gasteiger charge is -2.34. The molecule has 144 valence electrons. The minimum Gasteiger partial charge on any atom is -0.497 e. The predicted octanol–water partition coefficient (Wildman–Crippen LogP) is 4.08. The molecular formula is C24H27N3O. The molecule has 0 bridgehead atoms. The highest BCUT2D eigenvalue weighted by molar-refractivity contribution is 5.64. The number of piperazine rings is 1. The number of nitrogens with zero attached hydrogens (tertiary/aromatic N) is 3. The Hall–Kier alpha value is -2.69. The number of hydrogen-bond donors (Lipinski definition) is 0. The molecule has 0 spiro atoms. The van der Waals surface area contributed by atoms with Crippen LogP contribution in [0.15, 0.2) is 73.1 Å². The maximum absolute atomic E-state index is 5.35. The van der Waals surface area contributed by atoms with Gasteiger partial charge in [-0.25, -0.2) is 0 Å². The zero-order chi connectivity index (χ0) is 19.2. The summed E-state index contributed by atoms with van der Waals surface area (Å²) in [6, 6.07) is 21.1. The molecule has 0 aliphatic carbocycles. The first-order valence-electron chi connectivity index (χ1n) is 9.87. The Morgan fingerprint density at radius 1 is 0.750 bits per heavy atom. The molecule has 4 heteroatoms. The van der Waals surface area contributed by atoms with Gasteiger partial charge in [0, 0.05) is 57.2 Å². The smallest absolute Gasteiger partial charge is 0.119 e. The molecule has 3 aromatic rings. The van der Waals surface area contributed by atoms with E-state index in [4.69, 9.17) is 4.74 Å². The van der Waals surface area contributed by atoms with Crippen molar-refractivity contribution in [2.24, 2.45) is 0 Å². The molecule has 1 fully saturated rings. The molecule has 0 saturated carbocycles. The van der Waals surface area contributed by atoms with E-state index in [1.54, 1.807) is 7.11 Å². The topological polar surface area (TPSA) is 28.6 Å². The molecule has 0 atom stereocenters. The van der Waals surface area contributed by atoms with Crippen molar-refractivity contribution in [3.63, 3.8) is 0 Å². The van der Waals surface area contributed by atoms with Crippen molar-refractivity contribution in [3.05, 3.63) is 84.2 Å². The summed E-state index contributed by atoms with van der Waals surface area (Å²) in [5.41, 5.74) is 4.93. The fourth-order valence-corrected chi connectivity index (χ4v) is 3.74. The zero-order valence-electron chi connectivity index (χ0n) is 16.4. The van der Waals surface area contributed by atoms with Crippen LogP contribution in [0.5, 0.6) is 5.75 Å². The van der Waals surface area contributed by atoms with Crippen molar-refractivity contribution >= 4 is 0 Å². The van der Waals surface area contributed by atoms with Crippen LogP contribution in [-0.2, 0) is 13.1 Å². The molecular weight excluding hydrogens is 346 g/mol. The van der Waals surface area contributed by atoms with Gasteiger partial charge in [0.15, 0.2) is 0 Å². The zero-order valence-corrected chi connectivity index (χ0v) is 16.4. The van der Waals surface area contributed by atoms with Gasteiger partial charge < -0.3 is 4.74 Å². The van der Waals surface area contributed by atoms with E-state index < -0.39 is 0 Å². The van der Waals surface area contributed by atoms with Crippen molar-refractivity contribution in [2.75, 3.05) is 33.3 Å². The summed E-state index contributed by atoms with van der Waals surface area (Å²) in [4.78, 5) is 9.54. The van der Waals surface area contributed by atoms with Crippen LogP contribution in [0, 0.1) is 0 Å². The Bertz CT molecular complexity index is 889. The van der Waals surface area contributed by atoms with Crippen LogP contribution in [0.25, 0.3) is 11.1 Å². The molecule has 4 rings (SSSR count). The van der Waals surface area contributed by atoms with Gasteiger partial charge in [-0.2, -0.15) is 0 Å². The van der Waals surface area contributed by atoms with Crippen molar-refractivity contribution < 1.29 is 4.74 Å². The van der Waals surface area contributed by atoms with Gasteiger partial charge in [-0.05, 0) is 34.9 Å². The summed E-state index contributed by atoms with van der Waals surface area (Å²) in [7, 11) is 1.70. The minimum absolute atomic E-state index is 0.873. The Labute approximate surface area is 167 Å². The molecule has 2 aromatic carbocycles. The van der Waals surface area contributed by atoms with Crippen molar-refractivity contribution in [2.45, 2.75) is 13.1 Å². The predicted molar refractivity (Wildman–Crippen MR) is 113 cm³/mol. The average molecular weight is 374 g/mol. The molecule has 0 N–H and O–H groups in total. The Morgan fingerprint density at radius 3 is 2.18 bits per heavy atom. The van der Waals surface area contributed by atoms with Gasteiger partial charge in [0.25, 0.3) is 0 Å². The number of methoxy groups -OCH3 is 1. The second-order valence-corrected chi connectivity index (χ2v) is 7.35. The molecule has 0 unspecified atom stereocenters. The molecule has 1 aromatic heterocycles. The van der Waals surface area contributed by atoms with E-state index in [1.165, 1.54) is 11.1 Å². The first-order chi connectivity index (χ1) is 13.8. The van der Waals surface area contributed by atoms with E-state index in [0.29, 0.717) is 0 Å². The van der Waals surface area contributed by atoms with Gasteiger partial charge >= 0.3 is 0 Å². The van der Waals surface area contributed by atoms with E-state index in [0.717, 1.165) is 56.1 Å². The highest BCUT2D eigenvalue weighted by Gasteiger charge is 2.17. The molecule has 1 aliphatic heterocycles. The second kappa shape index (κ2) is 9.00. The summed E-state index contributed by atoms with van der Waals surface area (Å²) in [6.45, 7) is 6.40. The summed E-state index contributed by atoms with van der Waals surface area (Å²) < 4.78 is 5.35. The number of benzene rings is 2. The summed E-state index contributed by atoms with van der Waals surface area (Å²) >= 11 is 0. The van der Waals surface area contributed by atoms with Gasteiger partial charge in [-0.1, -0.05) is 42.5 Å². The van der Waals surface area contributed by atoms with Gasteiger partial charge in [0.1, 0.15) is 5.75 Å². The summed E-state index contributed by atoms with van der Waals surface area (Å²) in [6.07, 6.45) is 3.91. The normalized spacial score (nSPS) is 15.5. The van der Waals surface area contributed by atoms with E-state index in [2.05, 4.69) is 63.3 Å². The van der Waals surface area contributed by atoms with Crippen LogP contribution in [0.2, 0.25) is 0 Å². The quantitative estimate of drug-likeness (QED) is 0.651. The second-order valence-electron chi connectivity index (χ2n) is 7.35. The standard InChI is InChI=1S/C24H27N3O/c1-28-24-9-5-8-22(15-24)23-14-21(16-25-17-23)19-27-12-10-26(11-13-27)18-20-6-3-2-4-7-20/h2-9,14-17H,10-13,18-19H2,1H3. The monoisotopic (exact) mass is 373 g/mol. The molecule has 0 amide bonds. The maximum atomic E-state index is 5.35. The van der Waals surface area contributed by atoms with Crippen LogP contribution in [0.4, 0.5) is 0 Å². The Balaban J connectivity index is 1.35. The van der Waals surface area contributed by atoms with Crippen LogP contribution in [-0.4, -0.2) is 48.1 Å². The Kier molecular flexibility index (Phi) is 6.00. The summed E-state index contributed by atoms with van der Waals surface area (Å²) in [5, 5.41) is 0. The van der Waals surface area contributed by atoms with Crippen molar-refractivity contribution in [1.29, 1.82) is 0 Å². The third kappa shape index (κ3) is 4.77. The minimum atomic E-state index is 0.873. The van der Waals surface area contributed by atoms with E-state index in [-0.39, 0.29) is 0 Å². The van der Waals surface area contributed by atoms with Crippen molar-refractivity contribution in [3.8, 4) is 16.9 Å². The van der Waals surface area contributed by atoms with Crippen LogP contribution >= 0.6 is 0 Å². The largest absolute Gasteiger partial charge is 0.497 e. The molecule has 4 nitrogen and oxygen atoms in total. The van der Waals surface area contributed by atoms with Crippen LogP contribution in [0.1, 0.15) is 11.1 Å². The van der Waals surface area contributed by atoms with E-state index in [1.807, 2.05) is 24.5 Å². The average Bonchev–Trinajstić information content (AvgIpc) is 2.76. The molecule has 28 heavy (non-hydrogen) atoms. The molecule has 1 aliphatic rings. The number of pyridine rings is 1. The van der Waals surface area contributed by atoms with Gasteiger partial charge in [0.2, 0.25) is 0 Å². The third-order valence-corrected chi connectivity index (χ3v) is 5.32. The lowest BCUT2D eigenvalue weighted by molar-refractivity contribution is 0.122. The first-order valence-corrected chi connectivity index (χ1v) is 9.87. The molecule has 0 radical (unpaired) electrons. The molecule has 1 saturated heterocycles. The summed E-state index contributed by atoms with van der Waals surface area (Å²) in [5.74, 6) is 0.873. The van der Waals surface area contributed by atoms with Gasteiger partial charge in [0.05, 0.1) is 7.11 Å². The van der Waals surface area contributed by atoms with Crippen molar-refractivity contribution in [1.82, 2.24) is 14.8 Å². The highest BCUT2D eigenvalue weighted by atomic mass is 16.5.